The van der Waals surface area contributed by atoms with Crippen molar-refractivity contribution in [1.82, 2.24) is 14.9 Å². The third kappa shape index (κ3) is 3.76. The average molecular weight is 327 g/mol. The lowest BCUT2D eigenvalue weighted by Gasteiger charge is -2.34. The Labute approximate surface area is 143 Å². The molecule has 128 valence electrons. The molecule has 1 fully saturated rings. The first kappa shape index (κ1) is 16.5. The second kappa shape index (κ2) is 7.49. The summed E-state index contributed by atoms with van der Waals surface area (Å²) in [6, 6.07) is 8.05. The molecule has 1 aromatic heterocycles. The Kier molecular flexibility index (Phi) is 5.15. The highest BCUT2D eigenvalue weighted by atomic mass is 16.5. The van der Waals surface area contributed by atoms with Crippen LogP contribution in [0.15, 0.2) is 30.6 Å². The van der Waals surface area contributed by atoms with Crippen LogP contribution in [0.2, 0.25) is 0 Å². The average Bonchev–Trinajstić information content (AvgIpc) is 2.62. The Bertz CT molecular complexity index is 683. The van der Waals surface area contributed by atoms with Crippen molar-refractivity contribution < 1.29 is 4.74 Å². The fourth-order valence-electron chi connectivity index (χ4n) is 2.94. The number of nitrogens with zero attached hydrogens (tertiary/aromatic N) is 4. The van der Waals surface area contributed by atoms with E-state index in [0.29, 0.717) is 0 Å². The molecule has 0 amide bonds. The summed E-state index contributed by atoms with van der Waals surface area (Å²) in [5, 5.41) is 3.35. The number of aromatic nitrogens is 2. The molecule has 1 aliphatic heterocycles. The molecule has 0 bridgehead atoms. The SMILES string of the molecule is CCN1CCN(c2cc(Nc3cc(C)ccc3OC)ncn2)CC1. The van der Waals surface area contributed by atoms with Crippen LogP contribution in [0, 0.1) is 6.92 Å². The normalized spacial score (nSPS) is 15.4. The van der Waals surface area contributed by atoms with Gasteiger partial charge >= 0.3 is 0 Å². The lowest BCUT2D eigenvalue weighted by Crippen LogP contribution is -2.46. The van der Waals surface area contributed by atoms with E-state index >= 15 is 0 Å². The van der Waals surface area contributed by atoms with Crippen LogP contribution in [0.3, 0.4) is 0 Å². The van der Waals surface area contributed by atoms with Gasteiger partial charge in [-0.2, -0.15) is 0 Å². The van der Waals surface area contributed by atoms with Crippen molar-refractivity contribution in [3.63, 3.8) is 0 Å². The van der Waals surface area contributed by atoms with Gasteiger partial charge in [-0.05, 0) is 31.2 Å². The van der Waals surface area contributed by atoms with Gasteiger partial charge in [0.1, 0.15) is 23.7 Å². The zero-order chi connectivity index (χ0) is 16.9. The van der Waals surface area contributed by atoms with E-state index in [4.69, 9.17) is 4.74 Å². The van der Waals surface area contributed by atoms with E-state index < -0.39 is 0 Å². The Morgan fingerprint density at radius 2 is 1.92 bits per heavy atom. The van der Waals surface area contributed by atoms with Crippen molar-refractivity contribution in [3.8, 4) is 5.75 Å². The molecule has 0 saturated carbocycles. The maximum atomic E-state index is 5.42. The lowest BCUT2D eigenvalue weighted by atomic mass is 10.2. The van der Waals surface area contributed by atoms with E-state index in [0.717, 1.165) is 55.8 Å². The van der Waals surface area contributed by atoms with Crippen molar-refractivity contribution >= 4 is 17.3 Å². The van der Waals surface area contributed by atoms with Gasteiger partial charge in [-0.1, -0.05) is 13.0 Å². The number of anilines is 3. The monoisotopic (exact) mass is 327 g/mol. The number of methoxy groups -OCH3 is 1. The summed E-state index contributed by atoms with van der Waals surface area (Å²) >= 11 is 0. The first-order valence-electron chi connectivity index (χ1n) is 8.40. The van der Waals surface area contributed by atoms with Gasteiger partial charge in [0.25, 0.3) is 0 Å². The van der Waals surface area contributed by atoms with E-state index in [1.807, 2.05) is 18.2 Å². The van der Waals surface area contributed by atoms with Gasteiger partial charge in [0, 0.05) is 32.2 Å². The minimum atomic E-state index is 0.779. The zero-order valence-corrected chi connectivity index (χ0v) is 14.6. The third-order valence-corrected chi connectivity index (χ3v) is 4.41. The van der Waals surface area contributed by atoms with E-state index in [2.05, 4.69) is 45.0 Å². The van der Waals surface area contributed by atoms with Gasteiger partial charge < -0.3 is 19.9 Å². The summed E-state index contributed by atoms with van der Waals surface area (Å²) in [5.74, 6) is 2.55. The largest absolute Gasteiger partial charge is 0.495 e. The topological polar surface area (TPSA) is 53.5 Å². The number of ether oxygens (including phenoxy) is 1. The maximum absolute atomic E-state index is 5.42. The van der Waals surface area contributed by atoms with Gasteiger partial charge in [0.2, 0.25) is 0 Å². The first-order chi connectivity index (χ1) is 11.7. The third-order valence-electron chi connectivity index (χ3n) is 4.41. The molecule has 2 aromatic rings. The van der Waals surface area contributed by atoms with Crippen LogP contribution in [0.4, 0.5) is 17.3 Å². The lowest BCUT2D eigenvalue weighted by molar-refractivity contribution is 0.270. The quantitative estimate of drug-likeness (QED) is 0.911. The molecular formula is C18H25N5O. The maximum Gasteiger partial charge on any atom is 0.142 e. The van der Waals surface area contributed by atoms with Crippen molar-refractivity contribution in [2.75, 3.05) is 50.1 Å². The van der Waals surface area contributed by atoms with Crippen LogP contribution in [0.1, 0.15) is 12.5 Å². The van der Waals surface area contributed by atoms with Gasteiger partial charge in [-0.3, -0.25) is 0 Å². The van der Waals surface area contributed by atoms with E-state index in [-0.39, 0.29) is 0 Å². The summed E-state index contributed by atoms with van der Waals surface area (Å²) in [6.07, 6.45) is 1.62. The number of piperazine rings is 1. The second-order valence-electron chi connectivity index (χ2n) is 6.01. The standard InChI is InChI=1S/C18H25N5O/c1-4-22-7-9-23(10-8-22)18-12-17(19-13-20-18)21-15-11-14(2)5-6-16(15)24-3/h5-6,11-13H,4,7-10H2,1-3H3,(H,19,20,21). The van der Waals surface area contributed by atoms with Gasteiger partial charge in [-0.15, -0.1) is 0 Å². The van der Waals surface area contributed by atoms with E-state index in [9.17, 15) is 0 Å². The molecule has 1 aliphatic rings. The molecule has 0 atom stereocenters. The molecule has 1 aromatic carbocycles. The van der Waals surface area contributed by atoms with Gasteiger partial charge in [0.05, 0.1) is 12.8 Å². The Morgan fingerprint density at radius 1 is 1.12 bits per heavy atom. The second-order valence-corrected chi connectivity index (χ2v) is 6.01. The fraction of sp³-hybridized carbons (Fsp3) is 0.444. The van der Waals surface area contributed by atoms with Crippen molar-refractivity contribution in [1.29, 1.82) is 0 Å². The fourth-order valence-corrected chi connectivity index (χ4v) is 2.94. The minimum absolute atomic E-state index is 0.779. The molecule has 1 saturated heterocycles. The van der Waals surface area contributed by atoms with Crippen molar-refractivity contribution in [2.45, 2.75) is 13.8 Å². The van der Waals surface area contributed by atoms with E-state index in [1.165, 1.54) is 5.56 Å². The molecule has 0 radical (unpaired) electrons. The van der Waals surface area contributed by atoms with Crippen molar-refractivity contribution in [3.05, 3.63) is 36.2 Å². The summed E-state index contributed by atoms with van der Waals surface area (Å²) in [6.45, 7) is 9.53. The minimum Gasteiger partial charge on any atom is -0.495 e. The molecule has 6 nitrogen and oxygen atoms in total. The number of aryl methyl sites for hydroxylation is 1. The molecule has 24 heavy (non-hydrogen) atoms. The Morgan fingerprint density at radius 3 is 2.62 bits per heavy atom. The highest BCUT2D eigenvalue weighted by molar-refractivity contribution is 5.66. The number of likely N-dealkylation sites (N-methyl/N-ethyl adjacent to an activating group) is 1. The van der Waals surface area contributed by atoms with Crippen LogP contribution in [0.5, 0.6) is 5.75 Å². The molecular weight excluding hydrogens is 302 g/mol. The molecule has 6 heteroatoms. The number of nitrogens with one attached hydrogen (secondary N) is 1. The summed E-state index contributed by atoms with van der Waals surface area (Å²) < 4.78 is 5.42. The molecule has 0 spiro atoms. The van der Waals surface area contributed by atoms with Gasteiger partial charge in [0.15, 0.2) is 0 Å². The van der Waals surface area contributed by atoms with Gasteiger partial charge in [-0.25, -0.2) is 9.97 Å². The van der Waals surface area contributed by atoms with Crippen LogP contribution >= 0.6 is 0 Å². The van der Waals surface area contributed by atoms with Crippen molar-refractivity contribution in [2.24, 2.45) is 0 Å². The summed E-state index contributed by atoms with van der Waals surface area (Å²) in [5.41, 5.74) is 2.08. The van der Waals surface area contributed by atoms with E-state index in [1.54, 1.807) is 13.4 Å². The molecule has 0 aliphatic carbocycles. The molecule has 0 unspecified atom stereocenters. The Balaban J connectivity index is 1.75. The molecule has 2 heterocycles. The van der Waals surface area contributed by atoms with Crippen LogP contribution < -0.4 is 15.0 Å². The summed E-state index contributed by atoms with van der Waals surface area (Å²) in [7, 11) is 1.68. The summed E-state index contributed by atoms with van der Waals surface area (Å²) in [4.78, 5) is 13.6. The number of rotatable bonds is 5. The highest BCUT2D eigenvalue weighted by Crippen LogP contribution is 2.28. The number of benzene rings is 1. The van der Waals surface area contributed by atoms with Crippen LogP contribution in [0.25, 0.3) is 0 Å². The number of hydrogen-bond acceptors (Lipinski definition) is 6. The smallest absolute Gasteiger partial charge is 0.142 e. The predicted molar refractivity (Wildman–Crippen MR) is 97.4 cm³/mol. The molecule has 3 rings (SSSR count). The number of hydrogen-bond donors (Lipinski definition) is 1. The Hall–Kier alpha value is -2.34. The van der Waals surface area contributed by atoms with Crippen LogP contribution in [-0.4, -0.2) is 54.7 Å². The van der Waals surface area contributed by atoms with Crippen LogP contribution in [-0.2, 0) is 0 Å². The highest BCUT2D eigenvalue weighted by Gasteiger charge is 2.17. The zero-order valence-electron chi connectivity index (χ0n) is 14.6. The predicted octanol–water partition coefficient (Wildman–Crippen LogP) is 2.68. The molecule has 1 N–H and O–H groups in total. The first-order valence-corrected chi connectivity index (χ1v) is 8.40.